The Bertz CT molecular complexity index is 172. The van der Waals surface area contributed by atoms with E-state index in [2.05, 4.69) is 11.8 Å². The van der Waals surface area contributed by atoms with Crippen LogP contribution in [0, 0.1) is 4.91 Å². The summed E-state index contributed by atoms with van der Waals surface area (Å²) in [6, 6.07) is -0.119. The van der Waals surface area contributed by atoms with Crippen LogP contribution in [0.2, 0.25) is 0 Å². The van der Waals surface area contributed by atoms with Crippen LogP contribution in [0.4, 0.5) is 0 Å². The van der Waals surface area contributed by atoms with Gasteiger partial charge in [0.1, 0.15) is 6.04 Å². The van der Waals surface area contributed by atoms with Gasteiger partial charge in [0.05, 0.1) is 0 Å². The molecule has 0 spiro atoms. The molecule has 0 bridgehead atoms. The normalized spacial score (nSPS) is 25.2. The van der Waals surface area contributed by atoms with E-state index in [0.29, 0.717) is 0 Å². The van der Waals surface area contributed by atoms with Crippen LogP contribution in [0.1, 0.15) is 19.3 Å². The van der Waals surface area contributed by atoms with Crippen molar-refractivity contribution in [3.05, 3.63) is 29.2 Å². The van der Waals surface area contributed by atoms with E-state index in [4.69, 9.17) is 0 Å². The lowest BCUT2D eigenvalue weighted by atomic mass is 9.95. The van der Waals surface area contributed by atoms with Crippen molar-refractivity contribution in [1.29, 1.82) is 0 Å². The third-order valence-electron chi connectivity index (χ3n) is 1.81. The molecule has 2 heteroatoms. The molecule has 1 atom stereocenters. The van der Waals surface area contributed by atoms with E-state index in [0.717, 1.165) is 24.8 Å². The maximum atomic E-state index is 10.2. The zero-order valence-corrected chi connectivity index (χ0v) is 5.92. The smallest absolute Gasteiger partial charge is 0.117 e. The van der Waals surface area contributed by atoms with Gasteiger partial charge in [-0.3, -0.25) is 0 Å². The molecule has 10 heavy (non-hydrogen) atoms. The van der Waals surface area contributed by atoms with Crippen molar-refractivity contribution in [3.8, 4) is 0 Å². The van der Waals surface area contributed by atoms with Crippen LogP contribution in [0.15, 0.2) is 29.5 Å². The number of nitroso groups, excluding NO2 is 1. The first-order valence-electron chi connectivity index (χ1n) is 3.53. The van der Waals surface area contributed by atoms with Gasteiger partial charge in [-0.05, 0) is 24.8 Å². The van der Waals surface area contributed by atoms with E-state index in [9.17, 15) is 4.91 Å². The van der Waals surface area contributed by atoms with E-state index >= 15 is 0 Å². The summed E-state index contributed by atoms with van der Waals surface area (Å²) in [5.41, 5.74) is 1.00. The molecular weight excluding hydrogens is 126 g/mol. The average molecular weight is 137 g/mol. The van der Waals surface area contributed by atoms with Gasteiger partial charge in [0.25, 0.3) is 0 Å². The summed E-state index contributed by atoms with van der Waals surface area (Å²) in [6.07, 6.45) is 6.80. The highest BCUT2D eigenvalue weighted by Crippen LogP contribution is 2.21. The first kappa shape index (κ1) is 7.19. The summed E-state index contributed by atoms with van der Waals surface area (Å²) >= 11 is 0. The van der Waals surface area contributed by atoms with Gasteiger partial charge in [-0.25, -0.2) is 0 Å². The van der Waals surface area contributed by atoms with Gasteiger partial charge >= 0.3 is 0 Å². The van der Waals surface area contributed by atoms with Gasteiger partial charge in [0.15, 0.2) is 0 Å². The molecule has 2 nitrogen and oxygen atoms in total. The third-order valence-corrected chi connectivity index (χ3v) is 1.81. The Kier molecular flexibility index (Phi) is 2.37. The van der Waals surface area contributed by atoms with Gasteiger partial charge in [0, 0.05) is 0 Å². The quantitative estimate of drug-likeness (QED) is 0.537. The van der Waals surface area contributed by atoms with Crippen molar-refractivity contribution in [3.63, 3.8) is 0 Å². The fourth-order valence-electron chi connectivity index (χ4n) is 1.22. The molecule has 0 saturated carbocycles. The average Bonchev–Trinajstić information content (AvgIpc) is 2.04. The molecule has 0 saturated heterocycles. The monoisotopic (exact) mass is 137 g/mol. The minimum absolute atomic E-state index is 0.119. The summed E-state index contributed by atoms with van der Waals surface area (Å²) in [5.74, 6) is 0. The Morgan fingerprint density at radius 2 is 2.60 bits per heavy atom. The second-order valence-corrected chi connectivity index (χ2v) is 2.46. The molecule has 0 fully saturated rings. The highest BCUT2D eigenvalue weighted by Gasteiger charge is 2.14. The van der Waals surface area contributed by atoms with Crippen LogP contribution < -0.4 is 0 Å². The van der Waals surface area contributed by atoms with E-state index in [1.165, 1.54) is 0 Å². The van der Waals surface area contributed by atoms with Crippen molar-refractivity contribution >= 4 is 0 Å². The van der Waals surface area contributed by atoms with E-state index < -0.39 is 0 Å². The molecule has 1 aliphatic rings. The lowest BCUT2D eigenvalue weighted by molar-refractivity contribution is 0.624. The Balaban J connectivity index is 2.71. The van der Waals surface area contributed by atoms with Crippen LogP contribution >= 0.6 is 0 Å². The van der Waals surface area contributed by atoms with Crippen molar-refractivity contribution in [1.82, 2.24) is 0 Å². The summed E-state index contributed by atoms with van der Waals surface area (Å²) < 4.78 is 0. The van der Waals surface area contributed by atoms with E-state index in [1.54, 1.807) is 6.08 Å². The fourth-order valence-corrected chi connectivity index (χ4v) is 1.22. The Labute approximate surface area is 60.6 Å². The van der Waals surface area contributed by atoms with Crippen LogP contribution in [-0.2, 0) is 0 Å². The highest BCUT2D eigenvalue weighted by atomic mass is 16.3. The number of rotatable bonds is 2. The van der Waals surface area contributed by atoms with Crippen molar-refractivity contribution in [2.75, 3.05) is 0 Å². The standard InChI is InChI=1S/C8H11NO/c1-2-7-5-3-4-6-8(7)9-10/h2,5,8H,1,3-4,6H2. The van der Waals surface area contributed by atoms with Crippen molar-refractivity contribution in [2.24, 2.45) is 5.18 Å². The van der Waals surface area contributed by atoms with Crippen molar-refractivity contribution in [2.45, 2.75) is 25.3 Å². The molecule has 0 amide bonds. The number of nitrogens with zero attached hydrogens (tertiary/aromatic N) is 1. The molecule has 0 heterocycles. The van der Waals surface area contributed by atoms with Crippen LogP contribution in [-0.4, -0.2) is 6.04 Å². The lowest BCUT2D eigenvalue weighted by Gasteiger charge is -2.14. The van der Waals surface area contributed by atoms with Gasteiger partial charge in [0.2, 0.25) is 0 Å². The van der Waals surface area contributed by atoms with E-state index in [1.807, 2.05) is 6.08 Å². The van der Waals surface area contributed by atoms with E-state index in [-0.39, 0.29) is 6.04 Å². The third kappa shape index (κ3) is 1.32. The number of hydrogen-bond donors (Lipinski definition) is 0. The summed E-state index contributed by atoms with van der Waals surface area (Å²) in [4.78, 5) is 10.2. The second kappa shape index (κ2) is 3.30. The molecule has 0 aromatic carbocycles. The van der Waals surface area contributed by atoms with Gasteiger partial charge < -0.3 is 0 Å². The van der Waals surface area contributed by atoms with Crippen molar-refractivity contribution < 1.29 is 0 Å². The molecule has 0 aromatic rings. The summed E-state index contributed by atoms with van der Waals surface area (Å²) in [7, 11) is 0. The minimum Gasteiger partial charge on any atom is -0.150 e. The Morgan fingerprint density at radius 1 is 1.80 bits per heavy atom. The zero-order valence-electron chi connectivity index (χ0n) is 5.92. The molecular formula is C8H11NO. The van der Waals surface area contributed by atoms with Crippen LogP contribution in [0.25, 0.3) is 0 Å². The fraction of sp³-hybridized carbons (Fsp3) is 0.500. The van der Waals surface area contributed by atoms with Gasteiger partial charge in [-0.2, -0.15) is 4.91 Å². The highest BCUT2D eigenvalue weighted by molar-refractivity contribution is 5.24. The Morgan fingerprint density at radius 3 is 3.10 bits per heavy atom. The molecule has 54 valence electrons. The first-order chi connectivity index (χ1) is 4.88. The molecule has 1 unspecified atom stereocenters. The topological polar surface area (TPSA) is 29.4 Å². The SMILES string of the molecule is C=CC1=CCCCC1N=O. The predicted molar refractivity (Wildman–Crippen MR) is 41.7 cm³/mol. The molecule has 1 rings (SSSR count). The van der Waals surface area contributed by atoms with Crippen LogP contribution in [0.3, 0.4) is 0 Å². The Hall–Kier alpha value is -0.920. The molecule has 0 radical (unpaired) electrons. The zero-order chi connectivity index (χ0) is 7.40. The maximum Gasteiger partial charge on any atom is 0.117 e. The van der Waals surface area contributed by atoms with Gasteiger partial charge in [-0.1, -0.05) is 23.9 Å². The molecule has 0 N–H and O–H groups in total. The van der Waals surface area contributed by atoms with Gasteiger partial charge in [-0.15, -0.1) is 0 Å². The molecule has 0 aliphatic heterocycles. The number of hydrogen-bond acceptors (Lipinski definition) is 2. The maximum absolute atomic E-state index is 10.2. The summed E-state index contributed by atoms with van der Waals surface area (Å²) in [5, 5.41) is 3.01. The predicted octanol–water partition coefficient (Wildman–Crippen LogP) is 2.42. The first-order valence-corrected chi connectivity index (χ1v) is 3.53. The second-order valence-electron chi connectivity index (χ2n) is 2.46. The number of allylic oxidation sites excluding steroid dienone is 1. The minimum atomic E-state index is -0.119. The summed E-state index contributed by atoms with van der Waals surface area (Å²) in [6.45, 7) is 3.62. The lowest BCUT2D eigenvalue weighted by Crippen LogP contribution is -2.09. The molecule has 0 aromatic heterocycles. The molecule has 1 aliphatic carbocycles. The largest absolute Gasteiger partial charge is 0.150 e. The van der Waals surface area contributed by atoms with Crippen LogP contribution in [0.5, 0.6) is 0 Å².